The summed E-state index contributed by atoms with van der Waals surface area (Å²) < 4.78 is 16.3. The Labute approximate surface area is 342 Å². The van der Waals surface area contributed by atoms with Crippen molar-refractivity contribution in [2.45, 2.75) is 83.6 Å². The minimum atomic E-state index is -1.23. The fourth-order valence-electron chi connectivity index (χ4n) is 6.43. The van der Waals surface area contributed by atoms with Gasteiger partial charge in [-0.3, -0.25) is 24.1 Å². The van der Waals surface area contributed by atoms with Crippen LogP contribution in [-0.2, 0) is 52.7 Å². The zero-order valence-corrected chi connectivity index (χ0v) is 35.3. The highest BCUT2D eigenvalue weighted by Crippen LogP contribution is 2.22. The number of methoxy groups -OCH3 is 2. The number of carbonyl (C=O) groups excluding carboxylic acids is 5. The van der Waals surface area contributed by atoms with E-state index in [4.69, 9.17) is 14.2 Å². The number of phenols is 2. The highest BCUT2D eigenvalue weighted by atomic mass is 16.6. The van der Waals surface area contributed by atoms with Crippen molar-refractivity contribution >= 4 is 29.7 Å². The summed E-state index contributed by atoms with van der Waals surface area (Å²) in [5, 5.41) is 22.6. The van der Waals surface area contributed by atoms with Crippen LogP contribution in [0.3, 0.4) is 0 Å². The molecule has 0 aromatic heterocycles. The minimum Gasteiger partial charge on any atom is -0.508 e. The number of nitrogens with one attached hydrogen (secondary N) is 1. The van der Waals surface area contributed by atoms with E-state index >= 15 is 0 Å². The van der Waals surface area contributed by atoms with E-state index in [-0.39, 0.29) is 24.3 Å². The number of aromatic hydroxyl groups is 2. The zero-order valence-electron chi connectivity index (χ0n) is 35.3. The number of esters is 2. The van der Waals surface area contributed by atoms with Gasteiger partial charge in [-0.25, -0.2) is 4.79 Å². The predicted octanol–water partition coefficient (Wildman–Crippen LogP) is 3.99. The topological polar surface area (TPSA) is 175 Å². The lowest BCUT2D eigenvalue weighted by molar-refractivity contribution is -0.164. The monoisotopic (exact) mass is 804 g/mol. The number of carbonyl (C=O) groups is 5. The second-order valence-electron chi connectivity index (χ2n) is 15.2. The molecule has 0 spiro atoms. The molecule has 3 amide bonds. The highest BCUT2D eigenvalue weighted by molar-refractivity contribution is 5.95. The van der Waals surface area contributed by atoms with Crippen LogP contribution in [0.5, 0.6) is 17.2 Å². The molecule has 0 aliphatic heterocycles. The SMILES string of the molecule is CC[C@@H](C)[C@@H](OC(=O)[C@H](Cc1ccc(OC)cc1)N(C)C)C(=O)N[C@H](C(=O)N(C)[C@@H](Cc1ccc(O)cc1)C(=O)N(C)[C@@H](Cc1ccc(O)cc1)C(=O)OC)C(C)C. The Kier molecular flexibility index (Phi) is 17.5. The number of amides is 3. The van der Waals surface area contributed by atoms with Crippen LogP contribution in [0.1, 0.15) is 50.8 Å². The molecule has 0 unspecified atom stereocenters. The van der Waals surface area contributed by atoms with E-state index in [0.29, 0.717) is 29.7 Å². The first-order valence-corrected chi connectivity index (χ1v) is 19.4. The molecule has 0 aliphatic rings. The highest BCUT2D eigenvalue weighted by Gasteiger charge is 2.40. The lowest BCUT2D eigenvalue weighted by atomic mass is 9.96. The zero-order chi connectivity index (χ0) is 43.3. The maximum absolute atomic E-state index is 14.5. The molecule has 0 bridgehead atoms. The minimum absolute atomic E-state index is 0.00475. The molecule has 14 heteroatoms. The maximum Gasteiger partial charge on any atom is 0.328 e. The first-order valence-electron chi connectivity index (χ1n) is 19.4. The first kappa shape index (κ1) is 46.8. The van der Waals surface area contributed by atoms with Gasteiger partial charge in [0.2, 0.25) is 11.8 Å². The first-order chi connectivity index (χ1) is 27.4. The number of benzene rings is 3. The van der Waals surface area contributed by atoms with Gasteiger partial charge in [0.25, 0.3) is 5.91 Å². The maximum atomic E-state index is 14.5. The molecule has 3 aromatic carbocycles. The van der Waals surface area contributed by atoms with Gasteiger partial charge in [-0.2, -0.15) is 0 Å². The average Bonchev–Trinajstić information content (AvgIpc) is 3.21. The number of hydrogen-bond acceptors (Lipinski definition) is 11. The van der Waals surface area contributed by atoms with E-state index in [1.165, 1.54) is 55.3 Å². The Hall–Kier alpha value is -5.63. The van der Waals surface area contributed by atoms with Crippen LogP contribution in [0.2, 0.25) is 0 Å². The van der Waals surface area contributed by atoms with E-state index in [1.54, 1.807) is 83.3 Å². The fourth-order valence-corrected chi connectivity index (χ4v) is 6.43. The number of ether oxygens (including phenoxy) is 3. The molecule has 3 rings (SSSR count). The summed E-state index contributed by atoms with van der Waals surface area (Å²) in [4.78, 5) is 74.2. The molecule has 0 saturated heterocycles. The second-order valence-corrected chi connectivity index (χ2v) is 15.2. The lowest BCUT2D eigenvalue weighted by Crippen LogP contribution is -2.59. The predicted molar refractivity (Wildman–Crippen MR) is 219 cm³/mol. The quantitative estimate of drug-likeness (QED) is 0.141. The summed E-state index contributed by atoms with van der Waals surface area (Å²) in [5.74, 6) is -3.22. The molecule has 316 valence electrons. The standard InChI is InChI=1S/C44H60N4O10/c1-11-28(4)39(58-44(55)36(46(5)6)25-31-16-22-34(56-9)23-17-31)40(51)45-38(27(2)3)42(53)47(7)35(24-29-12-18-32(49)19-13-29)41(52)48(8)37(43(54)57-10)26-30-14-20-33(50)21-15-30/h12-23,27-28,35-39,49-50H,11,24-26H2,1-10H3,(H,45,51)/t28-,35+,36+,37+,38+,39-/m1/s1. The van der Waals surface area contributed by atoms with Crippen LogP contribution >= 0.6 is 0 Å². The Morgan fingerprint density at radius 1 is 0.638 bits per heavy atom. The van der Waals surface area contributed by atoms with Crippen molar-refractivity contribution in [2.75, 3.05) is 42.4 Å². The van der Waals surface area contributed by atoms with Crippen molar-refractivity contribution < 1.29 is 48.4 Å². The molecule has 3 N–H and O–H groups in total. The Balaban J connectivity index is 1.92. The number of phenolic OH excluding ortho intramolecular Hbond substituents is 2. The summed E-state index contributed by atoms with van der Waals surface area (Å²) >= 11 is 0. The van der Waals surface area contributed by atoms with Gasteiger partial charge in [-0.1, -0.05) is 64.1 Å². The molecule has 14 nitrogen and oxygen atoms in total. The van der Waals surface area contributed by atoms with E-state index in [9.17, 15) is 34.2 Å². The largest absolute Gasteiger partial charge is 0.508 e. The molecule has 0 saturated carbocycles. The average molecular weight is 805 g/mol. The van der Waals surface area contributed by atoms with E-state index in [2.05, 4.69) is 5.32 Å². The number of hydrogen-bond donors (Lipinski definition) is 3. The van der Waals surface area contributed by atoms with Crippen LogP contribution < -0.4 is 10.1 Å². The smallest absolute Gasteiger partial charge is 0.328 e. The summed E-state index contributed by atoms with van der Waals surface area (Å²) in [6.45, 7) is 7.18. The Morgan fingerprint density at radius 3 is 1.52 bits per heavy atom. The summed E-state index contributed by atoms with van der Waals surface area (Å²) in [7, 11) is 9.21. The van der Waals surface area contributed by atoms with Gasteiger partial charge in [0, 0.05) is 32.9 Å². The van der Waals surface area contributed by atoms with E-state index in [0.717, 1.165) is 5.56 Å². The van der Waals surface area contributed by atoms with Crippen molar-refractivity contribution in [2.24, 2.45) is 11.8 Å². The number of nitrogens with zero attached hydrogens (tertiary/aromatic N) is 3. The second kappa shape index (κ2) is 21.8. The molecule has 58 heavy (non-hydrogen) atoms. The lowest BCUT2D eigenvalue weighted by Gasteiger charge is -2.36. The van der Waals surface area contributed by atoms with Gasteiger partial charge in [-0.05, 0) is 85.9 Å². The van der Waals surface area contributed by atoms with Crippen LogP contribution in [0.15, 0.2) is 72.8 Å². The molecule has 3 aromatic rings. The molecule has 0 heterocycles. The molecule has 0 radical (unpaired) electrons. The van der Waals surface area contributed by atoms with Gasteiger partial charge < -0.3 is 39.5 Å². The van der Waals surface area contributed by atoms with Gasteiger partial charge in [-0.15, -0.1) is 0 Å². The van der Waals surface area contributed by atoms with Crippen molar-refractivity contribution in [1.29, 1.82) is 0 Å². The molecule has 6 atom stereocenters. The number of likely N-dealkylation sites (N-methyl/N-ethyl adjacent to an activating group) is 3. The van der Waals surface area contributed by atoms with Gasteiger partial charge in [0.15, 0.2) is 6.10 Å². The number of rotatable bonds is 20. The molecular weight excluding hydrogens is 745 g/mol. The third-order valence-corrected chi connectivity index (χ3v) is 10.5. The van der Waals surface area contributed by atoms with Gasteiger partial charge in [0.05, 0.1) is 14.2 Å². The van der Waals surface area contributed by atoms with Crippen LogP contribution in [0, 0.1) is 11.8 Å². The Bertz CT molecular complexity index is 1820. The summed E-state index contributed by atoms with van der Waals surface area (Å²) in [6.07, 6.45) is -0.341. The van der Waals surface area contributed by atoms with E-state index < -0.39 is 71.8 Å². The van der Waals surface area contributed by atoms with Gasteiger partial charge >= 0.3 is 11.9 Å². The van der Waals surface area contributed by atoms with Gasteiger partial charge in [0.1, 0.15) is 41.4 Å². The van der Waals surface area contributed by atoms with Crippen LogP contribution in [-0.4, -0.2) is 127 Å². The third kappa shape index (κ3) is 12.7. The van der Waals surface area contributed by atoms with Crippen molar-refractivity contribution in [3.63, 3.8) is 0 Å². The van der Waals surface area contributed by atoms with Crippen molar-refractivity contribution in [3.8, 4) is 17.2 Å². The third-order valence-electron chi connectivity index (χ3n) is 10.5. The molecule has 0 aliphatic carbocycles. The molecular formula is C44H60N4O10. The molecule has 0 fully saturated rings. The van der Waals surface area contributed by atoms with Crippen LogP contribution in [0.25, 0.3) is 0 Å². The normalized spacial score (nSPS) is 14.3. The van der Waals surface area contributed by atoms with E-state index in [1.807, 2.05) is 19.1 Å². The van der Waals surface area contributed by atoms with Crippen LogP contribution in [0.4, 0.5) is 0 Å². The van der Waals surface area contributed by atoms with Crippen molar-refractivity contribution in [1.82, 2.24) is 20.0 Å². The summed E-state index contributed by atoms with van der Waals surface area (Å²) in [5.41, 5.74) is 2.15. The summed E-state index contributed by atoms with van der Waals surface area (Å²) in [6, 6.07) is 15.6. The Morgan fingerprint density at radius 2 is 1.09 bits per heavy atom. The van der Waals surface area contributed by atoms with Crippen molar-refractivity contribution in [3.05, 3.63) is 89.5 Å². The fraction of sp³-hybridized carbons (Fsp3) is 0.477.